The first-order valence-corrected chi connectivity index (χ1v) is 10.5. The Morgan fingerprint density at radius 2 is 2.25 bits per heavy atom. The number of H-pyrrole nitrogens is 1. The van der Waals surface area contributed by atoms with Crippen molar-refractivity contribution in [3.05, 3.63) is 27.8 Å². The standard InChI is InChI=1S/C19H27N5O3S/c1-11(21-19(26)27)3-4-13-5-6-14(7-13)15-8-16(24-23-15)22-17(25)9-18-20-12(2)10-28-18/h8,10-11,13-14,21H,3-7,9H2,1-2H3,(H,26,27)(H2,22,23,24,25)/t11-,13?,14?/m0/s1. The van der Waals surface area contributed by atoms with Gasteiger partial charge in [-0.1, -0.05) is 0 Å². The zero-order valence-electron chi connectivity index (χ0n) is 16.2. The highest BCUT2D eigenvalue weighted by atomic mass is 32.1. The van der Waals surface area contributed by atoms with Gasteiger partial charge in [-0.2, -0.15) is 5.10 Å². The van der Waals surface area contributed by atoms with E-state index in [-0.39, 0.29) is 18.4 Å². The zero-order chi connectivity index (χ0) is 20.1. The summed E-state index contributed by atoms with van der Waals surface area (Å²) in [6.45, 7) is 3.81. The fourth-order valence-electron chi connectivity index (χ4n) is 3.81. The molecule has 4 N–H and O–H groups in total. The van der Waals surface area contributed by atoms with Crippen molar-refractivity contribution in [2.24, 2.45) is 5.92 Å². The Morgan fingerprint density at radius 3 is 2.96 bits per heavy atom. The highest BCUT2D eigenvalue weighted by Gasteiger charge is 2.27. The molecule has 1 saturated carbocycles. The Bertz CT molecular complexity index is 818. The van der Waals surface area contributed by atoms with E-state index >= 15 is 0 Å². The van der Waals surface area contributed by atoms with E-state index in [1.54, 1.807) is 0 Å². The van der Waals surface area contributed by atoms with Gasteiger partial charge in [0.25, 0.3) is 0 Å². The maximum Gasteiger partial charge on any atom is 0.404 e. The van der Waals surface area contributed by atoms with Gasteiger partial charge < -0.3 is 15.7 Å². The van der Waals surface area contributed by atoms with Crippen molar-refractivity contribution in [1.29, 1.82) is 0 Å². The summed E-state index contributed by atoms with van der Waals surface area (Å²) in [5, 5.41) is 24.1. The van der Waals surface area contributed by atoms with Gasteiger partial charge in [0.2, 0.25) is 5.91 Å². The van der Waals surface area contributed by atoms with E-state index in [1.165, 1.54) is 11.3 Å². The molecule has 1 aliphatic rings. The molecule has 28 heavy (non-hydrogen) atoms. The minimum atomic E-state index is -0.964. The molecule has 2 heterocycles. The predicted molar refractivity (Wildman–Crippen MR) is 108 cm³/mol. The highest BCUT2D eigenvalue weighted by Crippen LogP contribution is 2.40. The Balaban J connectivity index is 1.45. The number of nitrogens with one attached hydrogen (secondary N) is 3. The number of anilines is 1. The van der Waals surface area contributed by atoms with Crippen LogP contribution in [0, 0.1) is 12.8 Å². The smallest absolute Gasteiger partial charge is 0.404 e. The second-order valence-electron chi connectivity index (χ2n) is 7.62. The number of aryl methyl sites for hydroxylation is 1. The highest BCUT2D eigenvalue weighted by molar-refractivity contribution is 7.09. The summed E-state index contributed by atoms with van der Waals surface area (Å²) in [7, 11) is 0. The lowest BCUT2D eigenvalue weighted by Crippen LogP contribution is -2.31. The van der Waals surface area contributed by atoms with E-state index in [2.05, 4.69) is 25.8 Å². The third-order valence-electron chi connectivity index (χ3n) is 5.20. The van der Waals surface area contributed by atoms with Gasteiger partial charge in [0.1, 0.15) is 5.01 Å². The second kappa shape index (κ2) is 9.18. The maximum absolute atomic E-state index is 12.2. The molecule has 2 amide bonds. The molecule has 152 valence electrons. The number of aromatic amines is 1. The topological polar surface area (TPSA) is 120 Å². The molecule has 1 aliphatic carbocycles. The van der Waals surface area contributed by atoms with E-state index < -0.39 is 6.09 Å². The lowest BCUT2D eigenvalue weighted by Gasteiger charge is -2.14. The molecule has 0 aromatic carbocycles. The minimum absolute atomic E-state index is 0.0212. The van der Waals surface area contributed by atoms with Crippen LogP contribution in [0.5, 0.6) is 0 Å². The van der Waals surface area contributed by atoms with Gasteiger partial charge in [0.15, 0.2) is 5.82 Å². The van der Waals surface area contributed by atoms with Crippen molar-refractivity contribution in [1.82, 2.24) is 20.5 Å². The molecule has 0 aliphatic heterocycles. The molecular weight excluding hydrogens is 378 g/mol. The molecule has 1 fully saturated rings. The third-order valence-corrected chi connectivity index (χ3v) is 6.17. The van der Waals surface area contributed by atoms with Crippen molar-refractivity contribution in [3.8, 4) is 0 Å². The summed E-state index contributed by atoms with van der Waals surface area (Å²) in [6, 6.07) is 1.90. The van der Waals surface area contributed by atoms with E-state index in [4.69, 9.17) is 5.11 Å². The average Bonchev–Trinajstić information content (AvgIpc) is 3.33. The second-order valence-corrected chi connectivity index (χ2v) is 8.56. The van der Waals surface area contributed by atoms with Crippen LogP contribution in [0.2, 0.25) is 0 Å². The molecule has 0 spiro atoms. The van der Waals surface area contributed by atoms with Crippen LogP contribution >= 0.6 is 11.3 Å². The molecule has 0 bridgehead atoms. The number of thiazole rings is 1. The van der Waals surface area contributed by atoms with Crippen molar-refractivity contribution in [2.45, 2.75) is 64.3 Å². The van der Waals surface area contributed by atoms with Crippen LogP contribution in [-0.4, -0.2) is 38.3 Å². The van der Waals surface area contributed by atoms with Crippen molar-refractivity contribution in [3.63, 3.8) is 0 Å². The van der Waals surface area contributed by atoms with Crippen LogP contribution in [-0.2, 0) is 11.2 Å². The Hall–Kier alpha value is -2.42. The number of carbonyl (C=O) groups is 2. The Labute approximate surface area is 168 Å². The van der Waals surface area contributed by atoms with Crippen LogP contribution in [0.3, 0.4) is 0 Å². The molecule has 3 rings (SSSR count). The first-order valence-electron chi connectivity index (χ1n) is 9.64. The van der Waals surface area contributed by atoms with E-state index in [9.17, 15) is 9.59 Å². The monoisotopic (exact) mass is 405 g/mol. The minimum Gasteiger partial charge on any atom is -0.465 e. The van der Waals surface area contributed by atoms with Gasteiger partial charge in [-0.05, 0) is 51.9 Å². The lowest BCUT2D eigenvalue weighted by atomic mass is 9.96. The summed E-state index contributed by atoms with van der Waals surface area (Å²) >= 11 is 1.49. The molecule has 2 aromatic rings. The first kappa shape index (κ1) is 20.3. The number of aromatic nitrogens is 3. The summed E-state index contributed by atoms with van der Waals surface area (Å²) in [5.41, 5.74) is 1.98. The third kappa shape index (κ3) is 5.79. The van der Waals surface area contributed by atoms with E-state index in [0.717, 1.165) is 48.5 Å². The summed E-state index contributed by atoms with van der Waals surface area (Å²) < 4.78 is 0. The van der Waals surface area contributed by atoms with Gasteiger partial charge in [0, 0.05) is 34.8 Å². The normalized spacial score (nSPS) is 20.1. The van der Waals surface area contributed by atoms with Crippen LogP contribution in [0.15, 0.2) is 11.4 Å². The molecule has 0 saturated heterocycles. The van der Waals surface area contributed by atoms with Crippen LogP contribution in [0.25, 0.3) is 0 Å². The number of carbonyl (C=O) groups excluding carboxylic acids is 1. The molecule has 9 heteroatoms. The fraction of sp³-hybridized carbons (Fsp3) is 0.579. The zero-order valence-corrected chi connectivity index (χ0v) is 17.0. The number of nitrogens with zero attached hydrogens (tertiary/aromatic N) is 2. The first-order chi connectivity index (χ1) is 13.4. The number of amides is 2. The molecule has 2 aromatic heterocycles. The quantitative estimate of drug-likeness (QED) is 0.534. The van der Waals surface area contributed by atoms with E-state index in [1.807, 2.05) is 25.3 Å². The van der Waals surface area contributed by atoms with Crippen LogP contribution < -0.4 is 10.6 Å². The van der Waals surface area contributed by atoms with Gasteiger partial charge in [-0.25, -0.2) is 9.78 Å². The van der Waals surface area contributed by atoms with Crippen LogP contribution in [0.4, 0.5) is 10.6 Å². The summed E-state index contributed by atoms with van der Waals surface area (Å²) in [5.74, 6) is 1.44. The van der Waals surface area contributed by atoms with Crippen molar-refractivity contribution >= 4 is 29.2 Å². The lowest BCUT2D eigenvalue weighted by molar-refractivity contribution is -0.115. The van der Waals surface area contributed by atoms with Gasteiger partial charge >= 0.3 is 6.09 Å². The van der Waals surface area contributed by atoms with Crippen LogP contribution in [0.1, 0.15) is 61.3 Å². The molecule has 3 atom stereocenters. The molecule has 8 nitrogen and oxygen atoms in total. The Morgan fingerprint density at radius 1 is 1.43 bits per heavy atom. The predicted octanol–water partition coefficient (Wildman–Crippen LogP) is 3.68. The van der Waals surface area contributed by atoms with Gasteiger partial charge in [-0.3, -0.25) is 9.89 Å². The fourth-order valence-corrected chi connectivity index (χ4v) is 4.58. The maximum atomic E-state index is 12.2. The average molecular weight is 406 g/mol. The summed E-state index contributed by atoms with van der Waals surface area (Å²) in [4.78, 5) is 27.1. The molecule has 0 radical (unpaired) electrons. The number of rotatable bonds is 8. The van der Waals surface area contributed by atoms with Gasteiger partial charge in [-0.15, -0.1) is 11.3 Å². The van der Waals surface area contributed by atoms with E-state index in [0.29, 0.717) is 17.7 Å². The molecule has 2 unspecified atom stereocenters. The van der Waals surface area contributed by atoms with Gasteiger partial charge in [0.05, 0.1) is 6.42 Å². The van der Waals surface area contributed by atoms with Crippen molar-refractivity contribution < 1.29 is 14.7 Å². The number of hydrogen-bond acceptors (Lipinski definition) is 5. The number of carboxylic acid groups (broad SMARTS) is 1. The SMILES string of the molecule is Cc1csc(CC(=O)Nc2cc(C3CCC(CC[C@H](C)NC(=O)O)C3)[nH]n2)n1. The number of hydrogen-bond donors (Lipinski definition) is 4. The Kier molecular flexibility index (Phi) is 6.66. The largest absolute Gasteiger partial charge is 0.465 e. The molecular formula is C19H27N5O3S. The van der Waals surface area contributed by atoms with Crippen molar-refractivity contribution in [2.75, 3.05) is 5.32 Å². The summed E-state index contributed by atoms with van der Waals surface area (Å²) in [6.07, 6.45) is 4.44.